The summed E-state index contributed by atoms with van der Waals surface area (Å²) in [6, 6.07) is 36.4. The first-order valence-corrected chi connectivity index (χ1v) is 22.3. The molecule has 0 radical (unpaired) electrons. The molecule has 10 rings (SSSR count). The number of nitrogens with zero attached hydrogens (tertiary/aromatic N) is 1. The van der Waals surface area contributed by atoms with Gasteiger partial charge in [-0.05, 0) is 134 Å². The minimum absolute atomic E-state index is 0.0165. The second-order valence-electron chi connectivity index (χ2n) is 16.2. The van der Waals surface area contributed by atoms with Gasteiger partial charge in [-0.25, -0.2) is 9.59 Å². The van der Waals surface area contributed by atoms with Crippen molar-refractivity contribution in [3.05, 3.63) is 156 Å². The molecular weight excluding hydrogens is 836 g/mol. The monoisotopic (exact) mass is 872 g/mol. The lowest BCUT2D eigenvalue weighted by atomic mass is 9.81. The van der Waals surface area contributed by atoms with Gasteiger partial charge in [0.05, 0.1) is 39.3 Å². The van der Waals surface area contributed by atoms with E-state index in [1.165, 1.54) is 66.4 Å². The van der Waals surface area contributed by atoms with Crippen LogP contribution in [0.2, 0.25) is 0 Å². The van der Waals surface area contributed by atoms with Crippen LogP contribution < -0.4 is 39.6 Å². The zero-order valence-corrected chi connectivity index (χ0v) is 35.0. The Labute approximate surface area is 366 Å². The van der Waals surface area contributed by atoms with Crippen molar-refractivity contribution in [2.45, 2.75) is 26.2 Å². The van der Waals surface area contributed by atoms with Crippen LogP contribution in [0.25, 0.3) is 11.1 Å². The van der Waals surface area contributed by atoms with Gasteiger partial charge in [-0.1, -0.05) is 42.5 Å². The van der Waals surface area contributed by atoms with Gasteiger partial charge in [0, 0.05) is 23.7 Å². The number of nitrogens with one attached hydrogen (secondary N) is 1. The summed E-state index contributed by atoms with van der Waals surface area (Å²) >= 11 is 0. The summed E-state index contributed by atoms with van der Waals surface area (Å²) in [5.41, 5.74) is 2.60. The molecule has 5 atom stereocenters. The van der Waals surface area contributed by atoms with E-state index in [2.05, 4.69) is 5.32 Å². The Balaban J connectivity index is 0.809. The highest BCUT2D eigenvalue weighted by Gasteiger charge is 2.61. The summed E-state index contributed by atoms with van der Waals surface area (Å²) in [5.74, 6) is -2.42. The number of amides is 3. The Morgan fingerprint density at radius 1 is 0.625 bits per heavy atom. The highest BCUT2D eigenvalue weighted by molar-refractivity contribution is 7.75. The van der Waals surface area contributed by atoms with Crippen molar-refractivity contribution in [3.8, 4) is 34.1 Å². The van der Waals surface area contributed by atoms with Gasteiger partial charge in [-0.2, -0.15) is 0 Å². The predicted octanol–water partition coefficient (Wildman–Crippen LogP) is 8.13. The average Bonchev–Trinajstić information content (AvgIpc) is 4.00. The number of ether oxygens (including phenoxy) is 3. The van der Waals surface area contributed by atoms with Crippen LogP contribution in [-0.4, -0.2) is 35.6 Å². The Morgan fingerprint density at radius 3 is 1.94 bits per heavy atom. The van der Waals surface area contributed by atoms with Gasteiger partial charge in [0.2, 0.25) is 11.8 Å². The van der Waals surface area contributed by atoms with Crippen molar-refractivity contribution >= 4 is 65.0 Å². The first-order valence-electron chi connectivity index (χ1n) is 20.7. The lowest BCUT2D eigenvalue weighted by Crippen LogP contribution is -2.32. The molecule has 14 heteroatoms. The summed E-state index contributed by atoms with van der Waals surface area (Å²) < 4.78 is 38.1. The van der Waals surface area contributed by atoms with E-state index in [0.717, 1.165) is 24.8 Å². The van der Waals surface area contributed by atoms with E-state index in [-0.39, 0.29) is 69.2 Å². The van der Waals surface area contributed by atoms with Gasteiger partial charge < -0.3 is 24.1 Å². The SMILES string of the molecule is CC(=O)Oc1ccc(OC(=O)c2cccc(C(=O)Oc3ccc(NC(=O)c4ccc(N5C(=O)C6C7CCC(C7)C6C5=O)cc4)cc3)c2)c(P2(=O)Oc3ccccc3-c3ccccc32)c1. The number of benzene rings is 6. The third kappa shape index (κ3) is 7.13. The zero-order chi connectivity index (χ0) is 44.3. The van der Waals surface area contributed by atoms with Crippen LogP contribution in [0.15, 0.2) is 140 Å². The normalized spacial score (nSPS) is 21.2. The molecule has 2 aliphatic heterocycles. The molecule has 5 unspecified atom stereocenters. The van der Waals surface area contributed by atoms with Gasteiger partial charge >= 0.3 is 25.3 Å². The van der Waals surface area contributed by atoms with Crippen molar-refractivity contribution in [1.29, 1.82) is 0 Å². The zero-order valence-electron chi connectivity index (χ0n) is 34.1. The molecule has 3 fully saturated rings. The number of imide groups is 1. The predicted molar refractivity (Wildman–Crippen MR) is 235 cm³/mol. The fourth-order valence-electron chi connectivity index (χ4n) is 9.47. The van der Waals surface area contributed by atoms with Gasteiger partial charge in [0.1, 0.15) is 23.0 Å². The fourth-order valence-corrected chi connectivity index (χ4v) is 11.9. The number of anilines is 2. The van der Waals surface area contributed by atoms with Gasteiger partial charge in [-0.15, -0.1) is 0 Å². The van der Waals surface area contributed by atoms with Gasteiger partial charge in [0.15, 0.2) is 0 Å². The van der Waals surface area contributed by atoms with Crippen molar-refractivity contribution < 1.29 is 52.1 Å². The molecule has 2 heterocycles. The van der Waals surface area contributed by atoms with Crippen molar-refractivity contribution in [2.75, 3.05) is 10.2 Å². The van der Waals surface area contributed by atoms with Crippen molar-refractivity contribution in [3.63, 3.8) is 0 Å². The maximum atomic E-state index is 15.1. The Kier molecular flexibility index (Phi) is 10.1. The first-order chi connectivity index (χ1) is 30.9. The van der Waals surface area contributed by atoms with E-state index in [1.54, 1.807) is 60.7 Å². The molecule has 13 nitrogen and oxygen atoms in total. The van der Waals surface area contributed by atoms with Crippen molar-refractivity contribution in [1.82, 2.24) is 0 Å². The molecule has 64 heavy (non-hydrogen) atoms. The van der Waals surface area contributed by atoms with E-state index in [9.17, 15) is 28.8 Å². The minimum Gasteiger partial charge on any atom is -0.436 e. The number of carbonyl (C=O) groups excluding carboxylic acids is 6. The van der Waals surface area contributed by atoms with E-state index in [4.69, 9.17) is 18.7 Å². The molecular formula is C50H37N2O11P. The van der Waals surface area contributed by atoms with Crippen LogP contribution in [0.5, 0.6) is 23.0 Å². The second-order valence-corrected chi connectivity index (χ2v) is 18.4. The number of hydrogen-bond donors (Lipinski definition) is 1. The summed E-state index contributed by atoms with van der Waals surface area (Å²) in [4.78, 5) is 79.8. The standard InChI is InChI=1S/C50H37N2O11P/c1-28(53)60-37-23-24-41(43(27-37)64(59)42-12-5-3-10-39(42)38-9-2-4-11-40(38)63-64)62-50(58)33-8-6-7-32(26-33)49(57)61-36-21-17-34(18-22-36)51-46(54)29-15-19-35(20-16-29)52-47(55)44-30-13-14-31(25-30)45(44)48(52)56/h2-12,15-24,26-27,30-31,44-45H,13-14,25H2,1H3,(H,51,54). The number of fused-ring (bicyclic) bond motifs is 8. The van der Waals surface area contributed by atoms with E-state index in [0.29, 0.717) is 33.6 Å². The van der Waals surface area contributed by atoms with E-state index >= 15 is 4.57 Å². The third-order valence-electron chi connectivity index (χ3n) is 12.3. The van der Waals surface area contributed by atoms with Crippen LogP contribution in [0.3, 0.4) is 0 Å². The van der Waals surface area contributed by atoms with Gasteiger partial charge in [0.25, 0.3) is 5.91 Å². The molecule has 6 aromatic rings. The third-order valence-corrected chi connectivity index (χ3v) is 14.8. The summed E-state index contributed by atoms with van der Waals surface area (Å²) in [6.07, 6.45) is 2.94. The van der Waals surface area contributed by atoms with Crippen LogP contribution in [0.1, 0.15) is 57.3 Å². The summed E-state index contributed by atoms with van der Waals surface area (Å²) in [5, 5.41) is 3.13. The van der Waals surface area contributed by atoms with E-state index < -0.39 is 31.2 Å². The number of hydrogen-bond acceptors (Lipinski definition) is 11. The quantitative estimate of drug-likeness (QED) is 0.0644. The lowest BCUT2D eigenvalue weighted by Gasteiger charge is -2.29. The maximum Gasteiger partial charge on any atom is 0.343 e. The molecule has 1 N–H and O–H groups in total. The number of esters is 3. The second kappa shape index (κ2) is 15.9. The Morgan fingerprint density at radius 2 is 1.25 bits per heavy atom. The molecule has 2 saturated carbocycles. The van der Waals surface area contributed by atoms with Crippen molar-refractivity contribution in [2.24, 2.45) is 23.7 Å². The molecule has 4 aliphatic rings. The average molecular weight is 873 g/mol. The van der Waals surface area contributed by atoms with Gasteiger partial charge in [-0.3, -0.25) is 28.6 Å². The van der Waals surface area contributed by atoms with Crippen LogP contribution in [0, 0.1) is 23.7 Å². The largest absolute Gasteiger partial charge is 0.436 e. The Hall–Kier alpha value is -7.63. The minimum atomic E-state index is -4.04. The molecule has 3 amide bonds. The molecule has 6 aromatic carbocycles. The molecule has 318 valence electrons. The number of rotatable bonds is 9. The number of carbonyl (C=O) groups is 6. The fraction of sp³-hybridized carbons (Fsp3) is 0.160. The van der Waals surface area contributed by atoms with Crippen LogP contribution in [-0.2, 0) is 18.9 Å². The molecule has 0 aromatic heterocycles. The van der Waals surface area contributed by atoms with Crippen LogP contribution in [0.4, 0.5) is 11.4 Å². The number of para-hydroxylation sites is 1. The summed E-state index contributed by atoms with van der Waals surface area (Å²) in [7, 11) is -4.04. The highest BCUT2D eigenvalue weighted by Crippen LogP contribution is 2.57. The van der Waals surface area contributed by atoms with E-state index in [1.807, 2.05) is 24.3 Å². The summed E-state index contributed by atoms with van der Waals surface area (Å²) in [6.45, 7) is 1.23. The molecule has 2 aliphatic carbocycles. The highest BCUT2D eigenvalue weighted by atomic mass is 31.2. The first kappa shape index (κ1) is 40.4. The molecule has 1 saturated heterocycles. The smallest absolute Gasteiger partial charge is 0.343 e. The molecule has 0 spiro atoms. The van der Waals surface area contributed by atoms with Crippen LogP contribution >= 0.6 is 7.37 Å². The Bertz CT molecular complexity index is 2970. The lowest BCUT2D eigenvalue weighted by molar-refractivity contribution is -0.132. The molecule has 2 bridgehead atoms. The maximum absolute atomic E-state index is 15.1. The topological polar surface area (TPSA) is 172 Å².